The number of nitrogens with zero attached hydrogens (tertiary/aromatic N) is 1. The van der Waals surface area contributed by atoms with Gasteiger partial charge in [0.1, 0.15) is 6.07 Å². The second kappa shape index (κ2) is 3.46. The van der Waals surface area contributed by atoms with Crippen LogP contribution in [0.15, 0.2) is 12.1 Å². The number of aryl methyl sites for hydroxylation is 1. The van der Waals surface area contributed by atoms with Gasteiger partial charge in [-0.3, -0.25) is 0 Å². The molecule has 12 heavy (non-hydrogen) atoms. The fourth-order valence-corrected chi connectivity index (χ4v) is 1.19. The predicted octanol–water partition coefficient (Wildman–Crippen LogP) is 2.48. The first kappa shape index (κ1) is 8.89. The zero-order chi connectivity index (χ0) is 9.14. The number of nitriles is 1. The molecule has 3 heteroatoms. The normalized spacial score (nSPS) is 9.42. The Balaban J connectivity index is 3.31. The highest BCUT2D eigenvalue weighted by molar-refractivity contribution is 6.32. The van der Waals surface area contributed by atoms with Crippen molar-refractivity contribution in [3.8, 4) is 11.8 Å². The van der Waals surface area contributed by atoms with Crippen molar-refractivity contribution in [3.05, 3.63) is 28.3 Å². The minimum absolute atomic E-state index is 0.128. The summed E-state index contributed by atoms with van der Waals surface area (Å²) in [5.74, 6) is -0.128. The average molecular weight is 182 g/mol. The summed E-state index contributed by atoms with van der Waals surface area (Å²) < 4.78 is 0. The smallest absolute Gasteiger partial charge is 0.151 e. The molecule has 1 aromatic rings. The number of aromatic hydroxyl groups is 1. The van der Waals surface area contributed by atoms with Crippen LogP contribution >= 0.6 is 11.6 Å². The molecule has 0 saturated heterocycles. The maximum Gasteiger partial charge on any atom is 0.151 e. The lowest BCUT2D eigenvalue weighted by molar-refractivity contribution is 0.473. The van der Waals surface area contributed by atoms with Gasteiger partial charge >= 0.3 is 0 Å². The zero-order valence-electron chi connectivity index (χ0n) is 6.63. The van der Waals surface area contributed by atoms with Gasteiger partial charge in [-0.05, 0) is 24.1 Å². The van der Waals surface area contributed by atoms with Crippen LogP contribution in [0.2, 0.25) is 5.02 Å². The van der Waals surface area contributed by atoms with Crippen LogP contribution in [-0.2, 0) is 6.42 Å². The molecule has 0 aliphatic rings. The molecule has 0 aliphatic carbocycles. The minimum atomic E-state index is -0.128. The predicted molar refractivity (Wildman–Crippen MR) is 47.2 cm³/mol. The maximum absolute atomic E-state index is 9.26. The topological polar surface area (TPSA) is 44.0 Å². The lowest BCUT2D eigenvalue weighted by Crippen LogP contribution is -1.84. The van der Waals surface area contributed by atoms with Crippen molar-refractivity contribution in [2.75, 3.05) is 0 Å². The Hall–Kier alpha value is -1.20. The SMILES string of the molecule is CCc1cc(Cl)c(O)c(C#N)c1. The molecular weight excluding hydrogens is 174 g/mol. The van der Waals surface area contributed by atoms with Gasteiger partial charge in [0.05, 0.1) is 10.6 Å². The highest BCUT2D eigenvalue weighted by Gasteiger charge is 2.06. The fraction of sp³-hybridized carbons (Fsp3) is 0.222. The van der Waals surface area contributed by atoms with Crippen LogP contribution in [0.3, 0.4) is 0 Å². The van der Waals surface area contributed by atoms with Gasteiger partial charge in [0.2, 0.25) is 0 Å². The first-order chi connectivity index (χ1) is 5.69. The molecule has 0 aliphatic heterocycles. The highest BCUT2D eigenvalue weighted by Crippen LogP contribution is 2.28. The van der Waals surface area contributed by atoms with E-state index in [1.807, 2.05) is 13.0 Å². The number of hydrogen-bond acceptors (Lipinski definition) is 2. The molecule has 0 atom stereocenters. The molecule has 2 nitrogen and oxygen atoms in total. The van der Waals surface area contributed by atoms with E-state index >= 15 is 0 Å². The van der Waals surface area contributed by atoms with Gasteiger partial charge in [-0.2, -0.15) is 5.26 Å². The minimum Gasteiger partial charge on any atom is -0.505 e. The van der Waals surface area contributed by atoms with Gasteiger partial charge in [0.25, 0.3) is 0 Å². The third-order valence-electron chi connectivity index (χ3n) is 1.65. The molecule has 0 radical (unpaired) electrons. The Kier molecular flexibility index (Phi) is 2.57. The van der Waals surface area contributed by atoms with E-state index in [-0.39, 0.29) is 16.3 Å². The molecule has 0 spiro atoms. The Labute approximate surface area is 76.0 Å². The van der Waals surface area contributed by atoms with Gasteiger partial charge in [0, 0.05) is 0 Å². The van der Waals surface area contributed by atoms with Crippen molar-refractivity contribution in [2.24, 2.45) is 0 Å². The summed E-state index contributed by atoms with van der Waals surface area (Å²) in [4.78, 5) is 0. The van der Waals surface area contributed by atoms with Crippen LogP contribution in [0.4, 0.5) is 0 Å². The van der Waals surface area contributed by atoms with Crippen molar-refractivity contribution in [1.82, 2.24) is 0 Å². The third kappa shape index (κ3) is 1.51. The quantitative estimate of drug-likeness (QED) is 0.724. The Morgan fingerprint density at radius 1 is 1.58 bits per heavy atom. The van der Waals surface area contributed by atoms with Crippen LogP contribution < -0.4 is 0 Å². The van der Waals surface area contributed by atoms with Crippen LogP contribution in [0.1, 0.15) is 18.1 Å². The molecular formula is C9H8ClNO. The molecule has 0 fully saturated rings. The van der Waals surface area contributed by atoms with E-state index in [0.29, 0.717) is 0 Å². The summed E-state index contributed by atoms with van der Waals surface area (Å²) in [7, 11) is 0. The molecule has 1 rings (SSSR count). The summed E-state index contributed by atoms with van der Waals surface area (Å²) >= 11 is 5.68. The summed E-state index contributed by atoms with van der Waals surface area (Å²) in [6, 6.07) is 5.18. The van der Waals surface area contributed by atoms with Crippen molar-refractivity contribution in [2.45, 2.75) is 13.3 Å². The standard InChI is InChI=1S/C9H8ClNO/c1-2-6-3-7(5-11)9(12)8(10)4-6/h3-4,12H,2H2,1H3. The van der Waals surface area contributed by atoms with Gasteiger partial charge < -0.3 is 5.11 Å². The van der Waals surface area contributed by atoms with E-state index in [2.05, 4.69) is 0 Å². The summed E-state index contributed by atoms with van der Waals surface area (Å²) in [6.45, 7) is 1.96. The molecule has 1 N–H and O–H groups in total. The van der Waals surface area contributed by atoms with Crippen LogP contribution in [0.5, 0.6) is 5.75 Å². The summed E-state index contributed by atoms with van der Waals surface area (Å²) in [5.41, 5.74) is 1.19. The lowest BCUT2D eigenvalue weighted by Gasteiger charge is -2.01. The van der Waals surface area contributed by atoms with Crippen molar-refractivity contribution in [3.63, 3.8) is 0 Å². The fourth-order valence-electron chi connectivity index (χ4n) is 0.945. The van der Waals surface area contributed by atoms with Crippen LogP contribution in [0.25, 0.3) is 0 Å². The lowest BCUT2D eigenvalue weighted by atomic mass is 10.1. The van der Waals surface area contributed by atoms with Crippen LogP contribution in [-0.4, -0.2) is 5.11 Å². The van der Waals surface area contributed by atoms with Crippen molar-refractivity contribution in [1.29, 1.82) is 5.26 Å². The summed E-state index contributed by atoms with van der Waals surface area (Å²) in [5, 5.41) is 18.1. The number of phenols is 1. The molecule has 0 heterocycles. The number of hydrogen-bond donors (Lipinski definition) is 1. The number of phenolic OH excluding ortho intramolecular Hbond substituents is 1. The van der Waals surface area contributed by atoms with E-state index in [1.54, 1.807) is 12.1 Å². The van der Waals surface area contributed by atoms with E-state index in [0.717, 1.165) is 12.0 Å². The number of rotatable bonds is 1. The van der Waals surface area contributed by atoms with Gasteiger partial charge in [0.15, 0.2) is 5.75 Å². The molecule has 0 bridgehead atoms. The van der Waals surface area contributed by atoms with E-state index in [4.69, 9.17) is 16.9 Å². The largest absolute Gasteiger partial charge is 0.505 e. The highest BCUT2D eigenvalue weighted by atomic mass is 35.5. The van der Waals surface area contributed by atoms with E-state index in [9.17, 15) is 5.11 Å². The van der Waals surface area contributed by atoms with Gasteiger partial charge in [-0.25, -0.2) is 0 Å². The second-order valence-corrected chi connectivity index (χ2v) is 2.85. The number of benzene rings is 1. The molecule has 1 aromatic carbocycles. The van der Waals surface area contributed by atoms with Gasteiger partial charge in [-0.15, -0.1) is 0 Å². The molecule has 0 aromatic heterocycles. The second-order valence-electron chi connectivity index (χ2n) is 2.44. The molecule has 0 unspecified atom stereocenters. The molecule has 62 valence electrons. The Morgan fingerprint density at radius 2 is 2.25 bits per heavy atom. The monoisotopic (exact) mass is 181 g/mol. The first-order valence-corrected chi connectivity index (χ1v) is 3.98. The van der Waals surface area contributed by atoms with Crippen molar-refractivity contribution >= 4 is 11.6 Å². The molecule has 0 saturated carbocycles. The summed E-state index contributed by atoms with van der Waals surface area (Å²) in [6.07, 6.45) is 0.800. The maximum atomic E-state index is 9.26. The number of halogens is 1. The zero-order valence-corrected chi connectivity index (χ0v) is 7.39. The first-order valence-electron chi connectivity index (χ1n) is 3.60. The Morgan fingerprint density at radius 3 is 2.75 bits per heavy atom. The van der Waals surface area contributed by atoms with Crippen molar-refractivity contribution < 1.29 is 5.11 Å². The third-order valence-corrected chi connectivity index (χ3v) is 1.94. The average Bonchev–Trinajstić information content (AvgIpc) is 2.09. The van der Waals surface area contributed by atoms with Gasteiger partial charge in [-0.1, -0.05) is 18.5 Å². The Bertz CT molecular complexity index is 341. The van der Waals surface area contributed by atoms with Crippen LogP contribution in [0, 0.1) is 11.3 Å². The van der Waals surface area contributed by atoms with E-state index < -0.39 is 0 Å². The van der Waals surface area contributed by atoms with E-state index in [1.165, 1.54) is 0 Å². The molecule has 0 amide bonds.